The van der Waals surface area contributed by atoms with Gasteiger partial charge in [0.1, 0.15) is 0 Å². The van der Waals surface area contributed by atoms with Crippen molar-refractivity contribution in [1.82, 2.24) is 0 Å². The van der Waals surface area contributed by atoms with Gasteiger partial charge in [-0.25, -0.2) is 0 Å². The first kappa shape index (κ1) is 31.5. The van der Waals surface area contributed by atoms with Crippen LogP contribution in [0.2, 0.25) is 0 Å². The Morgan fingerprint density at radius 2 is 1.19 bits per heavy atom. The Labute approximate surface area is 280 Å². The molecule has 0 nitrogen and oxygen atoms in total. The molecule has 0 saturated heterocycles. The zero-order valence-corrected chi connectivity index (χ0v) is 27.5. The van der Waals surface area contributed by atoms with Crippen LogP contribution in [0.15, 0.2) is 193 Å². The molecule has 2 aliphatic rings. The summed E-state index contributed by atoms with van der Waals surface area (Å²) >= 11 is 0. The average Bonchev–Trinajstić information content (AvgIpc) is 3.46. The molecular weight excluding hydrogens is 565 g/mol. The van der Waals surface area contributed by atoms with Crippen LogP contribution in [-0.4, -0.2) is 0 Å². The van der Waals surface area contributed by atoms with E-state index in [2.05, 4.69) is 154 Å². The van der Waals surface area contributed by atoms with Gasteiger partial charge in [0.15, 0.2) is 0 Å². The summed E-state index contributed by atoms with van der Waals surface area (Å²) in [6.45, 7) is 9.06. The number of hydrogen-bond acceptors (Lipinski definition) is 0. The fourth-order valence-corrected chi connectivity index (χ4v) is 6.54. The van der Waals surface area contributed by atoms with Crippen molar-refractivity contribution in [3.63, 3.8) is 0 Å². The van der Waals surface area contributed by atoms with Gasteiger partial charge < -0.3 is 0 Å². The fraction of sp³-hybridized carbons (Fsp3) is 0.106. The smallest absolute Gasteiger partial charge is 0.00262 e. The lowest BCUT2D eigenvalue weighted by Crippen LogP contribution is -1.95. The fourth-order valence-electron chi connectivity index (χ4n) is 6.54. The van der Waals surface area contributed by atoms with Gasteiger partial charge in [0.25, 0.3) is 0 Å². The summed E-state index contributed by atoms with van der Waals surface area (Å²) in [7, 11) is 0. The Morgan fingerprint density at radius 1 is 0.660 bits per heavy atom. The van der Waals surface area contributed by atoms with E-state index < -0.39 is 0 Å². The molecule has 7 rings (SSSR count). The van der Waals surface area contributed by atoms with E-state index >= 15 is 0 Å². The van der Waals surface area contributed by atoms with Crippen LogP contribution >= 0.6 is 0 Å². The van der Waals surface area contributed by atoms with E-state index in [1.54, 1.807) is 0 Å². The molecule has 0 aromatic heterocycles. The van der Waals surface area contributed by atoms with E-state index in [0.717, 1.165) is 24.8 Å². The molecule has 0 heteroatoms. The van der Waals surface area contributed by atoms with Crippen LogP contribution in [0.3, 0.4) is 0 Å². The van der Waals surface area contributed by atoms with E-state index in [1.807, 2.05) is 36.4 Å². The molecule has 5 aromatic carbocycles. The molecule has 0 spiro atoms. The van der Waals surface area contributed by atoms with Crippen LogP contribution < -0.4 is 0 Å². The SMILES string of the molecule is C=C(/C=C1/C=CC=C/C(=C/CC)C1)c1c2ccccc2c(C2=CC(C)=CCC(c3ccccc3)=C2)c2ccccc12.c1ccccc1. The molecule has 0 bridgehead atoms. The summed E-state index contributed by atoms with van der Waals surface area (Å²) < 4.78 is 0. The standard InChI is InChI=1S/C41H36.C6H6/c1-4-14-31-15-8-9-16-32(27-31)26-30(3)40-36-19-10-12-21-38(36)41(39-22-13-11-20-37(39)40)35-25-29(2)23-24-34(28-35)33-17-6-5-7-18-33;1-2-4-6-5-3-1/h5-23,25-26,28H,3-4,24,27H2,1-2H3;1-6H/b31-14-,32-26-;. The third kappa shape index (κ3) is 7.51. The lowest BCUT2D eigenvalue weighted by molar-refractivity contribution is 1.14. The van der Waals surface area contributed by atoms with Crippen LogP contribution in [0.1, 0.15) is 49.8 Å². The molecule has 47 heavy (non-hydrogen) atoms. The van der Waals surface area contributed by atoms with Crippen LogP contribution in [0.4, 0.5) is 0 Å². The lowest BCUT2D eigenvalue weighted by atomic mass is 9.84. The summed E-state index contributed by atoms with van der Waals surface area (Å²) in [6, 6.07) is 40.5. The number of benzene rings is 5. The molecule has 0 unspecified atom stereocenters. The summed E-state index contributed by atoms with van der Waals surface area (Å²) in [5, 5.41) is 5.00. The Kier molecular flexibility index (Phi) is 10.2. The molecule has 2 aliphatic carbocycles. The van der Waals surface area contributed by atoms with Gasteiger partial charge in [-0.15, -0.1) is 0 Å². The zero-order chi connectivity index (χ0) is 32.4. The monoisotopic (exact) mass is 606 g/mol. The largest absolute Gasteiger partial charge is 0.0911 e. The molecule has 0 atom stereocenters. The van der Waals surface area contributed by atoms with Gasteiger partial charge in [-0.05, 0) is 92.3 Å². The number of rotatable bonds is 5. The van der Waals surface area contributed by atoms with Crippen molar-refractivity contribution in [3.05, 3.63) is 210 Å². The Bertz CT molecular complexity index is 2020. The van der Waals surface area contributed by atoms with Gasteiger partial charge in [-0.3, -0.25) is 0 Å². The topological polar surface area (TPSA) is 0 Å². The molecule has 230 valence electrons. The van der Waals surface area contributed by atoms with Gasteiger partial charge in [-0.2, -0.15) is 0 Å². The molecule has 0 heterocycles. The molecule has 0 amide bonds. The van der Waals surface area contributed by atoms with Crippen molar-refractivity contribution in [2.75, 3.05) is 0 Å². The molecule has 0 radical (unpaired) electrons. The van der Waals surface area contributed by atoms with Crippen LogP contribution in [-0.2, 0) is 0 Å². The second-order valence-electron chi connectivity index (χ2n) is 12.1. The molecule has 0 aliphatic heterocycles. The van der Waals surface area contributed by atoms with E-state index in [0.29, 0.717) is 0 Å². The molecule has 0 saturated carbocycles. The predicted molar refractivity (Wildman–Crippen MR) is 207 cm³/mol. The highest BCUT2D eigenvalue weighted by Gasteiger charge is 2.18. The number of hydrogen-bond donors (Lipinski definition) is 0. The quantitative estimate of drug-likeness (QED) is 0.175. The van der Waals surface area contributed by atoms with Crippen molar-refractivity contribution < 1.29 is 0 Å². The van der Waals surface area contributed by atoms with Gasteiger partial charge >= 0.3 is 0 Å². The first-order valence-corrected chi connectivity index (χ1v) is 16.6. The lowest BCUT2D eigenvalue weighted by Gasteiger charge is -2.19. The van der Waals surface area contributed by atoms with E-state index in [4.69, 9.17) is 0 Å². The molecule has 5 aromatic rings. The first-order chi connectivity index (χ1) is 23.1. The maximum Gasteiger partial charge on any atom is -0.00262 e. The van der Waals surface area contributed by atoms with Crippen LogP contribution in [0.5, 0.6) is 0 Å². The van der Waals surface area contributed by atoms with Gasteiger partial charge in [0.05, 0.1) is 0 Å². The highest BCUT2D eigenvalue weighted by Crippen LogP contribution is 2.42. The summed E-state index contributed by atoms with van der Waals surface area (Å²) in [5.74, 6) is 0. The predicted octanol–water partition coefficient (Wildman–Crippen LogP) is 13.3. The second kappa shape index (κ2) is 15.2. The second-order valence-corrected chi connectivity index (χ2v) is 12.1. The minimum absolute atomic E-state index is 0.916. The molecule has 0 fully saturated rings. The molecular formula is C47H42. The van der Waals surface area contributed by atoms with Crippen molar-refractivity contribution in [3.8, 4) is 0 Å². The van der Waals surface area contributed by atoms with Crippen molar-refractivity contribution in [1.29, 1.82) is 0 Å². The maximum absolute atomic E-state index is 4.66. The Morgan fingerprint density at radius 3 is 1.79 bits per heavy atom. The first-order valence-electron chi connectivity index (χ1n) is 16.6. The summed E-state index contributed by atoms with van der Waals surface area (Å²) in [5.41, 5.74) is 11.3. The van der Waals surface area contributed by atoms with Crippen molar-refractivity contribution >= 4 is 38.3 Å². The van der Waals surface area contributed by atoms with Gasteiger partial charge in [0, 0.05) is 0 Å². The summed E-state index contributed by atoms with van der Waals surface area (Å²) in [6.07, 6.45) is 23.3. The van der Waals surface area contributed by atoms with E-state index in [1.165, 1.54) is 66.1 Å². The number of allylic oxidation sites excluding steroid dienone is 15. The maximum atomic E-state index is 4.66. The van der Waals surface area contributed by atoms with Crippen LogP contribution in [0.25, 0.3) is 38.3 Å². The third-order valence-corrected chi connectivity index (χ3v) is 8.68. The van der Waals surface area contributed by atoms with E-state index in [-0.39, 0.29) is 0 Å². The Balaban J connectivity index is 0.000000580. The Hall–Kier alpha value is -5.46. The highest BCUT2D eigenvalue weighted by atomic mass is 14.2. The summed E-state index contributed by atoms with van der Waals surface area (Å²) in [4.78, 5) is 0. The van der Waals surface area contributed by atoms with Gasteiger partial charge in [-0.1, -0.05) is 189 Å². The minimum Gasteiger partial charge on any atom is -0.0911 e. The third-order valence-electron chi connectivity index (χ3n) is 8.68. The minimum atomic E-state index is 0.916. The van der Waals surface area contributed by atoms with Crippen molar-refractivity contribution in [2.24, 2.45) is 0 Å². The van der Waals surface area contributed by atoms with Crippen molar-refractivity contribution in [2.45, 2.75) is 33.1 Å². The zero-order valence-electron chi connectivity index (χ0n) is 27.5. The highest BCUT2D eigenvalue weighted by molar-refractivity contribution is 6.18. The molecule has 0 N–H and O–H groups in total. The number of fused-ring (bicyclic) bond motifs is 2. The van der Waals surface area contributed by atoms with E-state index in [9.17, 15) is 0 Å². The van der Waals surface area contributed by atoms with Crippen LogP contribution in [0, 0.1) is 0 Å². The normalized spacial score (nSPS) is 16.2. The average molecular weight is 607 g/mol. The van der Waals surface area contributed by atoms with Gasteiger partial charge in [0.2, 0.25) is 0 Å².